The quantitative estimate of drug-likeness (QED) is 0.111. The van der Waals surface area contributed by atoms with Crippen molar-refractivity contribution in [3.8, 4) is 16.9 Å². The fourth-order valence-electron chi connectivity index (χ4n) is 3.98. The number of benzene rings is 3. The number of aliphatic hydroxyl groups is 1. The van der Waals surface area contributed by atoms with Crippen molar-refractivity contribution in [2.45, 2.75) is 45.6 Å². The molecule has 0 bridgehead atoms. The number of hydrogen-bond acceptors (Lipinski definition) is 2. The van der Waals surface area contributed by atoms with Crippen LogP contribution in [-0.2, 0) is 12.8 Å². The maximum atomic E-state index is 14.9. The van der Waals surface area contributed by atoms with Crippen molar-refractivity contribution in [2.24, 2.45) is 0 Å². The molecule has 0 aliphatic rings. The summed E-state index contributed by atoms with van der Waals surface area (Å²) >= 11 is 0. The molecule has 0 saturated carbocycles. The molecule has 38 heavy (non-hydrogen) atoms. The van der Waals surface area contributed by atoms with Gasteiger partial charge in [-0.3, -0.25) is 0 Å². The van der Waals surface area contributed by atoms with Gasteiger partial charge in [-0.2, -0.15) is 4.39 Å². The van der Waals surface area contributed by atoms with Crippen molar-refractivity contribution in [1.29, 1.82) is 0 Å². The van der Waals surface area contributed by atoms with E-state index in [0.29, 0.717) is 24.0 Å². The molecule has 1 N–H and O–H groups in total. The van der Waals surface area contributed by atoms with Gasteiger partial charge in [-0.05, 0) is 67.9 Å². The summed E-state index contributed by atoms with van der Waals surface area (Å²) in [6.45, 7) is 7.24. The fraction of sp³-hybridized carbons (Fsp3) is 0.250. The van der Waals surface area contributed by atoms with Crippen molar-refractivity contribution >= 4 is 0 Å². The summed E-state index contributed by atoms with van der Waals surface area (Å²) in [5.74, 6) is -3.92. The van der Waals surface area contributed by atoms with Crippen molar-refractivity contribution in [1.82, 2.24) is 0 Å². The summed E-state index contributed by atoms with van der Waals surface area (Å²) in [6, 6.07) is 12.7. The van der Waals surface area contributed by atoms with Crippen molar-refractivity contribution in [2.75, 3.05) is 6.61 Å². The van der Waals surface area contributed by atoms with E-state index in [4.69, 9.17) is 4.74 Å². The maximum absolute atomic E-state index is 14.9. The van der Waals surface area contributed by atoms with Crippen molar-refractivity contribution < 1.29 is 27.4 Å². The lowest BCUT2D eigenvalue weighted by atomic mass is 9.97. The highest BCUT2D eigenvalue weighted by Gasteiger charge is 2.16. The van der Waals surface area contributed by atoms with E-state index in [1.54, 1.807) is 61.5 Å². The van der Waals surface area contributed by atoms with Crippen molar-refractivity contribution in [3.63, 3.8) is 0 Å². The second kappa shape index (κ2) is 13.8. The Balaban J connectivity index is 1.63. The lowest BCUT2D eigenvalue weighted by Crippen LogP contribution is -2.02. The number of allylic oxidation sites excluding steroid dienone is 4. The molecule has 6 heteroatoms. The molecule has 0 radical (unpaired) electrons. The molecule has 0 heterocycles. The van der Waals surface area contributed by atoms with Gasteiger partial charge in [-0.25, -0.2) is 13.2 Å². The van der Waals surface area contributed by atoms with Gasteiger partial charge in [0, 0.05) is 5.56 Å². The van der Waals surface area contributed by atoms with E-state index in [9.17, 15) is 22.7 Å². The Morgan fingerprint density at radius 1 is 0.921 bits per heavy atom. The van der Waals surface area contributed by atoms with Gasteiger partial charge < -0.3 is 9.84 Å². The lowest BCUT2D eigenvalue weighted by molar-refractivity contribution is 0.199. The van der Waals surface area contributed by atoms with Crippen LogP contribution in [0.1, 0.15) is 49.5 Å². The third-order valence-corrected chi connectivity index (χ3v) is 6.30. The lowest BCUT2D eigenvalue weighted by Gasteiger charge is -2.11. The van der Waals surface area contributed by atoms with Crippen molar-refractivity contribution in [3.05, 3.63) is 125 Å². The van der Waals surface area contributed by atoms with E-state index in [-0.39, 0.29) is 41.9 Å². The van der Waals surface area contributed by atoms with Gasteiger partial charge in [0.25, 0.3) is 0 Å². The zero-order valence-electron chi connectivity index (χ0n) is 21.6. The van der Waals surface area contributed by atoms with E-state index >= 15 is 0 Å². The standard InChI is InChI=1S/C32H32F4O2/c1-4-6-20-38-28-19-17-25(30(34)32(28)36)9-7-8-22(5-2)10-11-26-16-18-27(31(35)29(26)33)24-14-12-23(13-15-24)21(3)37/h4-5,7-8,12-19,21,37H,1,6,9-11,20H2,2-3H3/b8-7-,22-5+. The normalized spacial score (nSPS) is 12.7. The number of rotatable bonds is 12. The largest absolute Gasteiger partial charge is 0.490 e. The van der Waals surface area contributed by atoms with Crippen LogP contribution in [0.15, 0.2) is 85.0 Å². The molecule has 0 spiro atoms. The topological polar surface area (TPSA) is 29.5 Å². The zero-order valence-corrected chi connectivity index (χ0v) is 21.6. The molecule has 0 aliphatic heterocycles. The number of aryl methyl sites for hydroxylation is 1. The van der Waals surface area contributed by atoms with Crippen LogP contribution in [0.5, 0.6) is 5.75 Å². The second-order valence-electron chi connectivity index (χ2n) is 8.94. The first-order valence-corrected chi connectivity index (χ1v) is 12.5. The van der Waals surface area contributed by atoms with Gasteiger partial charge in [0.15, 0.2) is 23.2 Å². The minimum atomic E-state index is -1.02. The molecular weight excluding hydrogens is 492 g/mol. The van der Waals surface area contributed by atoms with Crippen LogP contribution >= 0.6 is 0 Å². The Morgan fingerprint density at radius 2 is 1.61 bits per heavy atom. The van der Waals surface area contributed by atoms with Gasteiger partial charge in [0.2, 0.25) is 5.82 Å². The zero-order chi connectivity index (χ0) is 27.7. The molecule has 0 amide bonds. The summed E-state index contributed by atoms with van der Waals surface area (Å²) in [5, 5.41) is 9.64. The summed E-state index contributed by atoms with van der Waals surface area (Å²) in [4.78, 5) is 0. The number of halogens is 4. The SMILES string of the molecule is C=CCCOc1ccc(C/C=C\C(=C/C)CCc2ccc(-c3ccc(C(C)O)cc3)c(F)c2F)c(F)c1F. The molecule has 3 aromatic carbocycles. The Bertz CT molecular complexity index is 1310. The number of hydrogen-bond donors (Lipinski definition) is 1. The molecule has 1 unspecified atom stereocenters. The van der Waals surface area contributed by atoms with Gasteiger partial charge in [-0.15, -0.1) is 6.58 Å². The summed E-state index contributed by atoms with van der Waals surface area (Å²) in [5.41, 5.74) is 2.66. The minimum Gasteiger partial charge on any atom is -0.490 e. The van der Waals surface area contributed by atoms with Crippen LogP contribution < -0.4 is 4.74 Å². The van der Waals surface area contributed by atoms with Crippen LogP contribution in [0.2, 0.25) is 0 Å². The average Bonchev–Trinajstić information content (AvgIpc) is 2.92. The molecule has 1 atom stereocenters. The minimum absolute atomic E-state index is 0.136. The molecule has 3 aromatic rings. The van der Waals surface area contributed by atoms with Gasteiger partial charge >= 0.3 is 0 Å². The van der Waals surface area contributed by atoms with E-state index in [1.807, 2.05) is 13.0 Å². The summed E-state index contributed by atoms with van der Waals surface area (Å²) < 4.78 is 63.6. The first-order valence-electron chi connectivity index (χ1n) is 12.5. The molecular formula is C32H32F4O2. The molecule has 0 fully saturated rings. The summed E-state index contributed by atoms with van der Waals surface area (Å²) in [7, 11) is 0. The first-order chi connectivity index (χ1) is 18.3. The second-order valence-corrected chi connectivity index (χ2v) is 8.94. The third kappa shape index (κ3) is 7.23. The molecule has 200 valence electrons. The molecule has 0 saturated heterocycles. The van der Waals surface area contributed by atoms with E-state index < -0.39 is 29.4 Å². The smallest absolute Gasteiger partial charge is 0.200 e. The first kappa shape index (κ1) is 28.9. The van der Waals surface area contributed by atoms with Crippen LogP contribution in [0.4, 0.5) is 17.6 Å². The Morgan fingerprint density at radius 3 is 2.26 bits per heavy atom. The van der Waals surface area contributed by atoms with Crippen LogP contribution in [0.25, 0.3) is 11.1 Å². The van der Waals surface area contributed by atoms with Gasteiger partial charge in [-0.1, -0.05) is 72.3 Å². The molecule has 2 nitrogen and oxygen atoms in total. The van der Waals surface area contributed by atoms with Crippen LogP contribution in [0.3, 0.4) is 0 Å². The third-order valence-electron chi connectivity index (χ3n) is 6.30. The van der Waals surface area contributed by atoms with E-state index in [0.717, 1.165) is 5.57 Å². The highest BCUT2D eigenvalue weighted by molar-refractivity contribution is 5.65. The molecule has 0 aliphatic carbocycles. The molecule has 0 aromatic heterocycles. The Kier molecular flexibility index (Phi) is 10.5. The van der Waals surface area contributed by atoms with E-state index in [2.05, 4.69) is 6.58 Å². The predicted molar refractivity (Wildman–Crippen MR) is 144 cm³/mol. The highest BCUT2D eigenvalue weighted by Crippen LogP contribution is 2.29. The number of ether oxygens (including phenoxy) is 1. The highest BCUT2D eigenvalue weighted by atomic mass is 19.2. The Labute approximate surface area is 221 Å². The average molecular weight is 525 g/mol. The monoisotopic (exact) mass is 524 g/mol. The predicted octanol–water partition coefficient (Wildman–Crippen LogP) is 8.60. The van der Waals surface area contributed by atoms with Gasteiger partial charge in [0.1, 0.15) is 0 Å². The van der Waals surface area contributed by atoms with E-state index in [1.165, 1.54) is 12.1 Å². The van der Waals surface area contributed by atoms with Crippen LogP contribution in [-0.4, -0.2) is 11.7 Å². The Hall–Kier alpha value is -3.64. The van der Waals surface area contributed by atoms with Crippen LogP contribution in [0, 0.1) is 23.3 Å². The maximum Gasteiger partial charge on any atom is 0.200 e. The molecule has 3 rings (SSSR count). The number of aliphatic hydroxyl groups excluding tert-OH is 1. The van der Waals surface area contributed by atoms with Gasteiger partial charge in [0.05, 0.1) is 12.7 Å². The fourth-order valence-corrected chi connectivity index (χ4v) is 3.98. The summed E-state index contributed by atoms with van der Waals surface area (Å²) in [6.07, 6.45) is 7.72.